The van der Waals surface area contributed by atoms with Crippen molar-refractivity contribution in [2.45, 2.75) is 6.18 Å². The molecule has 0 fully saturated rings. The summed E-state index contributed by atoms with van der Waals surface area (Å²) in [6.45, 7) is 0. The fraction of sp³-hybridized carbons (Fsp3) is 0.0909. The number of hydrogen-bond donors (Lipinski definition) is 0. The molecule has 0 aromatic carbocycles. The summed E-state index contributed by atoms with van der Waals surface area (Å²) in [5.41, 5.74) is -1.01. The van der Waals surface area contributed by atoms with Crippen LogP contribution in [0.2, 0.25) is 0 Å². The average molecular weight is 240 g/mol. The summed E-state index contributed by atoms with van der Waals surface area (Å²) in [6, 6.07) is 6.53. The maximum absolute atomic E-state index is 12.3. The van der Waals surface area contributed by atoms with Crippen LogP contribution in [0.5, 0.6) is 0 Å². The zero-order valence-electron chi connectivity index (χ0n) is 8.48. The van der Waals surface area contributed by atoms with Gasteiger partial charge in [0.1, 0.15) is 5.69 Å². The second kappa shape index (κ2) is 4.04. The summed E-state index contributed by atoms with van der Waals surface area (Å²) >= 11 is 0. The van der Waals surface area contributed by atoms with Crippen LogP contribution in [0, 0.1) is 0 Å². The number of hydrogen-bond acceptors (Lipinski definition) is 2. The number of rotatable bonds is 1. The molecule has 3 nitrogen and oxygen atoms in total. The molecule has 0 aliphatic rings. The third-order valence-corrected chi connectivity index (χ3v) is 2.14. The van der Waals surface area contributed by atoms with Crippen LogP contribution in [-0.2, 0) is 6.18 Å². The van der Waals surface area contributed by atoms with Gasteiger partial charge in [-0.1, -0.05) is 6.07 Å². The summed E-state index contributed by atoms with van der Waals surface area (Å²) in [6.07, 6.45) is -1.99. The molecule has 0 aliphatic carbocycles. The molecular formula is C11H7F3N2O. The molecule has 0 spiro atoms. The lowest BCUT2D eigenvalue weighted by Crippen LogP contribution is -2.16. The van der Waals surface area contributed by atoms with Crippen LogP contribution in [0.1, 0.15) is 5.69 Å². The minimum atomic E-state index is -4.47. The monoisotopic (exact) mass is 240 g/mol. The molecule has 0 saturated carbocycles. The standard InChI is InChI=1S/C11H7F3N2O/c12-11(13,14)9-5-4-8(7-15-9)16-6-2-1-3-10(16)17/h1-7H. The Bertz CT molecular complexity index is 572. The minimum absolute atomic E-state index is 0.295. The Hall–Kier alpha value is -2.11. The van der Waals surface area contributed by atoms with Gasteiger partial charge >= 0.3 is 6.18 Å². The third-order valence-electron chi connectivity index (χ3n) is 2.14. The zero-order valence-corrected chi connectivity index (χ0v) is 8.48. The highest BCUT2D eigenvalue weighted by atomic mass is 19.4. The predicted octanol–water partition coefficient (Wildman–Crippen LogP) is 2.25. The summed E-state index contributed by atoms with van der Waals surface area (Å²) in [4.78, 5) is 14.7. The van der Waals surface area contributed by atoms with E-state index in [1.165, 1.54) is 22.9 Å². The van der Waals surface area contributed by atoms with E-state index in [-0.39, 0.29) is 5.56 Å². The van der Waals surface area contributed by atoms with E-state index < -0.39 is 11.9 Å². The van der Waals surface area contributed by atoms with Crippen LogP contribution in [-0.4, -0.2) is 9.55 Å². The summed E-state index contributed by atoms with van der Waals surface area (Å²) < 4.78 is 38.0. The van der Waals surface area contributed by atoms with E-state index in [2.05, 4.69) is 4.98 Å². The number of pyridine rings is 2. The number of nitrogens with zero attached hydrogens (tertiary/aromatic N) is 2. The van der Waals surface area contributed by atoms with Crippen molar-refractivity contribution < 1.29 is 13.2 Å². The van der Waals surface area contributed by atoms with E-state index in [0.29, 0.717) is 5.69 Å². The van der Waals surface area contributed by atoms with E-state index in [1.54, 1.807) is 12.1 Å². The number of halogens is 3. The molecule has 2 rings (SSSR count). The molecule has 0 saturated heterocycles. The normalized spacial score (nSPS) is 11.5. The van der Waals surface area contributed by atoms with E-state index in [0.717, 1.165) is 12.3 Å². The Morgan fingerprint density at radius 1 is 1.12 bits per heavy atom. The lowest BCUT2D eigenvalue weighted by molar-refractivity contribution is -0.141. The van der Waals surface area contributed by atoms with Gasteiger partial charge in [-0.3, -0.25) is 9.36 Å². The second-order valence-electron chi connectivity index (χ2n) is 3.31. The van der Waals surface area contributed by atoms with Crippen molar-refractivity contribution in [1.82, 2.24) is 9.55 Å². The molecule has 0 unspecified atom stereocenters. The molecule has 0 radical (unpaired) electrons. The molecule has 0 amide bonds. The van der Waals surface area contributed by atoms with E-state index in [4.69, 9.17) is 0 Å². The van der Waals surface area contributed by atoms with Crippen molar-refractivity contribution in [2.24, 2.45) is 0 Å². The lowest BCUT2D eigenvalue weighted by atomic mass is 10.3. The fourth-order valence-corrected chi connectivity index (χ4v) is 1.34. The van der Waals surface area contributed by atoms with Crippen LogP contribution in [0.25, 0.3) is 5.69 Å². The highest BCUT2D eigenvalue weighted by molar-refractivity contribution is 5.30. The topological polar surface area (TPSA) is 34.9 Å². The maximum atomic E-state index is 12.3. The third kappa shape index (κ3) is 2.35. The van der Waals surface area contributed by atoms with Crippen LogP contribution in [0.4, 0.5) is 13.2 Å². The summed E-state index contributed by atoms with van der Waals surface area (Å²) in [5, 5.41) is 0. The van der Waals surface area contributed by atoms with Gasteiger partial charge in [-0.05, 0) is 18.2 Å². The first-order valence-corrected chi connectivity index (χ1v) is 4.70. The second-order valence-corrected chi connectivity index (χ2v) is 3.31. The molecule has 2 heterocycles. The van der Waals surface area contributed by atoms with Crippen molar-refractivity contribution in [2.75, 3.05) is 0 Å². The van der Waals surface area contributed by atoms with Gasteiger partial charge in [0.05, 0.1) is 11.9 Å². The Balaban J connectivity index is 2.44. The lowest BCUT2D eigenvalue weighted by Gasteiger charge is -2.07. The van der Waals surface area contributed by atoms with Crippen molar-refractivity contribution in [3.8, 4) is 5.69 Å². The van der Waals surface area contributed by atoms with Crippen molar-refractivity contribution in [3.05, 3.63) is 58.8 Å². The molecule has 2 aromatic heterocycles. The largest absolute Gasteiger partial charge is 0.433 e. The Morgan fingerprint density at radius 2 is 1.88 bits per heavy atom. The van der Waals surface area contributed by atoms with E-state index >= 15 is 0 Å². The summed E-state index contributed by atoms with van der Waals surface area (Å²) in [5.74, 6) is 0. The van der Waals surface area contributed by atoms with Crippen LogP contribution in [0.15, 0.2) is 47.5 Å². The van der Waals surface area contributed by atoms with Gasteiger partial charge < -0.3 is 0 Å². The van der Waals surface area contributed by atoms with Gasteiger partial charge in [-0.15, -0.1) is 0 Å². The molecule has 88 valence electrons. The quantitative estimate of drug-likeness (QED) is 0.766. The molecule has 0 aliphatic heterocycles. The maximum Gasteiger partial charge on any atom is 0.433 e. The number of alkyl halides is 3. The smallest absolute Gasteiger partial charge is 0.283 e. The molecule has 0 N–H and O–H groups in total. The van der Waals surface area contributed by atoms with Gasteiger partial charge in [-0.25, -0.2) is 4.98 Å². The van der Waals surface area contributed by atoms with Gasteiger partial charge in [0.25, 0.3) is 5.56 Å². The first-order chi connectivity index (χ1) is 7.98. The summed E-state index contributed by atoms with van der Waals surface area (Å²) in [7, 11) is 0. The van der Waals surface area contributed by atoms with Gasteiger partial charge in [0.2, 0.25) is 0 Å². The minimum Gasteiger partial charge on any atom is -0.283 e. The molecule has 2 aromatic rings. The number of aromatic nitrogens is 2. The van der Waals surface area contributed by atoms with Crippen LogP contribution in [0.3, 0.4) is 0 Å². The Morgan fingerprint density at radius 3 is 2.41 bits per heavy atom. The van der Waals surface area contributed by atoms with E-state index in [9.17, 15) is 18.0 Å². The van der Waals surface area contributed by atoms with Gasteiger partial charge in [0.15, 0.2) is 0 Å². The predicted molar refractivity (Wildman–Crippen MR) is 54.8 cm³/mol. The molecule has 17 heavy (non-hydrogen) atoms. The molecule has 0 bridgehead atoms. The first kappa shape index (κ1) is 11.4. The average Bonchev–Trinajstić information content (AvgIpc) is 2.29. The van der Waals surface area contributed by atoms with Gasteiger partial charge in [0, 0.05) is 12.3 Å². The van der Waals surface area contributed by atoms with E-state index in [1.807, 2.05) is 0 Å². The van der Waals surface area contributed by atoms with Crippen molar-refractivity contribution >= 4 is 0 Å². The first-order valence-electron chi connectivity index (χ1n) is 4.70. The van der Waals surface area contributed by atoms with Crippen LogP contribution >= 0.6 is 0 Å². The van der Waals surface area contributed by atoms with Crippen molar-refractivity contribution in [3.63, 3.8) is 0 Å². The molecule has 0 atom stereocenters. The molecule has 6 heteroatoms. The Kier molecular flexibility index (Phi) is 2.71. The highest BCUT2D eigenvalue weighted by Crippen LogP contribution is 2.27. The highest BCUT2D eigenvalue weighted by Gasteiger charge is 2.32. The van der Waals surface area contributed by atoms with Gasteiger partial charge in [-0.2, -0.15) is 13.2 Å². The SMILES string of the molecule is O=c1ccccn1-c1ccc(C(F)(F)F)nc1. The van der Waals surface area contributed by atoms with Crippen molar-refractivity contribution in [1.29, 1.82) is 0 Å². The fourth-order valence-electron chi connectivity index (χ4n) is 1.34. The molecular weight excluding hydrogens is 233 g/mol. The van der Waals surface area contributed by atoms with Crippen LogP contribution < -0.4 is 5.56 Å². The zero-order chi connectivity index (χ0) is 12.5. The Labute approximate surface area is 94.2 Å².